The molecule has 0 aromatic rings. The maximum absolute atomic E-state index is 3.61. The van der Waals surface area contributed by atoms with Gasteiger partial charge in [-0.15, -0.1) is 0 Å². The van der Waals surface area contributed by atoms with Crippen LogP contribution in [0.2, 0.25) is 0 Å². The largest absolute Gasteiger partial charge is 0.0991 e. The molecule has 0 nitrogen and oxygen atoms in total. The number of unbranched alkanes of at least 4 members (excludes halogenated alkanes) is 3. The van der Waals surface area contributed by atoms with Gasteiger partial charge in [0.05, 0.1) is 0 Å². The van der Waals surface area contributed by atoms with Gasteiger partial charge in [-0.1, -0.05) is 73.4 Å². The summed E-state index contributed by atoms with van der Waals surface area (Å²) in [7, 11) is 0. The van der Waals surface area contributed by atoms with Gasteiger partial charge in [0.1, 0.15) is 0 Å². The first-order valence-electron chi connectivity index (χ1n) is 6.30. The molecule has 0 rings (SSSR count). The quantitative estimate of drug-likeness (QED) is 0.359. The Balaban J connectivity index is 3.39. The highest BCUT2D eigenvalue weighted by molar-refractivity contribution is 5.14. The monoisotopic (exact) mass is 228 g/mol. The Morgan fingerprint density at radius 3 is 1.82 bits per heavy atom. The number of hydrogen-bond donors (Lipinski definition) is 0. The standard InChI is InChI=1S/C17H24/c1-3-5-7-9-11-13-15-17-16-14-12-10-8-6-4-2/h3-11,13,15H,1,12,14,16-17H2,2H3. The van der Waals surface area contributed by atoms with E-state index in [4.69, 9.17) is 0 Å². The van der Waals surface area contributed by atoms with E-state index in [1.807, 2.05) is 37.3 Å². The van der Waals surface area contributed by atoms with Crippen molar-refractivity contribution in [3.63, 3.8) is 0 Å². The van der Waals surface area contributed by atoms with Crippen LogP contribution in [0.25, 0.3) is 0 Å². The van der Waals surface area contributed by atoms with Crippen LogP contribution in [0.5, 0.6) is 0 Å². The zero-order valence-electron chi connectivity index (χ0n) is 10.9. The zero-order valence-corrected chi connectivity index (χ0v) is 10.9. The van der Waals surface area contributed by atoms with E-state index in [1.165, 1.54) is 19.3 Å². The van der Waals surface area contributed by atoms with Crippen LogP contribution < -0.4 is 0 Å². The highest BCUT2D eigenvalue weighted by Crippen LogP contribution is 2.01. The summed E-state index contributed by atoms with van der Waals surface area (Å²) < 4.78 is 0. The molecular weight excluding hydrogens is 204 g/mol. The molecule has 0 saturated heterocycles. The maximum Gasteiger partial charge on any atom is -0.0347 e. The second kappa shape index (κ2) is 14.4. The van der Waals surface area contributed by atoms with Crippen molar-refractivity contribution >= 4 is 0 Å². The summed E-state index contributed by atoms with van der Waals surface area (Å²) in [5, 5.41) is 0. The molecule has 0 saturated carbocycles. The third kappa shape index (κ3) is 14.4. The molecular formula is C17H24. The van der Waals surface area contributed by atoms with E-state index in [-0.39, 0.29) is 0 Å². The third-order valence-electron chi connectivity index (χ3n) is 2.15. The van der Waals surface area contributed by atoms with Gasteiger partial charge in [0.15, 0.2) is 0 Å². The summed E-state index contributed by atoms with van der Waals surface area (Å²) >= 11 is 0. The number of rotatable bonds is 9. The highest BCUT2D eigenvalue weighted by atomic mass is 13.9. The average molecular weight is 228 g/mol. The molecule has 0 aromatic heterocycles. The van der Waals surface area contributed by atoms with Gasteiger partial charge in [0.2, 0.25) is 0 Å². The zero-order chi connectivity index (χ0) is 12.6. The molecule has 0 amide bonds. The molecule has 0 radical (unpaired) electrons. The van der Waals surface area contributed by atoms with Crippen molar-refractivity contribution in [1.29, 1.82) is 0 Å². The van der Waals surface area contributed by atoms with E-state index >= 15 is 0 Å². The molecule has 0 aromatic carbocycles. The first kappa shape index (κ1) is 15.4. The minimum absolute atomic E-state index is 1.16. The van der Waals surface area contributed by atoms with Crippen LogP contribution in [0.4, 0.5) is 0 Å². The summed E-state index contributed by atoms with van der Waals surface area (Å²) in [5.41, 5.74) is 0. The van der Waals surface area contributed by atoms with Gasteiger partial charge >= 0.3 is 0 Å². The van der Waals surface area contributed by atoms with Crippen LogP contribution >= 0.6 is 0 Å². The highest BCUT2D eigenvalue weighted by Gasteiger charge is 1.82. The molecule has 0 unspecified atom stereocenters. The average Bonchev–Trinajstić information content (AvgIpc) is 2.35. The molecule has 0 aliphatic heterocycles. The fraction of sp³-hybridized carbons (Fsp3) is 0.294. The molecule has 92 valence electrons. The van der Waals surface area contributed by atoms with Crippen molar-refractivity contribution in [3.05, 3.63) is 73.4 Å². The first-order valence-corrected chi connectivity index (χ1v) is 6.30. The second-order valence-corrected chi connectivity index (χ2v) is 3.67. The fourth-order valence-corrected chi connectivity index (χ4v) is 1.26. The lowest BCUT2D eigenvalue weighted by atomic mass is 10.2. The minimum Gasteiger partial charge on any atom is -0.0991 e. The molecule has 0 N–H and O–H groups in total. The van der Waals surface area contributed by atoms with Gasteiger partial charge in [-0.2, -0.15) is 0 Å². The van der Waals surface area contributed by atoms with Crippen LogP contribution in [0.3, 0.4) is 0 Å². The lowest BCUT2D eigenvalue weighted by molar-refractivity contribution is 0.762. The van der Waals surface area contributed by atoms with Gasteiger partial charge < -0.3 is 0 Å². The normalized spacial score (nSPS) is 13.0. The number of allylic oxidation sites excluding steroid dienone is 11. The molecule has 0 fully saturated rings. The molecule has 0 spiro atoms. The van der Waals surface area contributed by atoms with Crippen LogP contribution in [-0.4, -0.2) is 0 Å². The first-order chi connectivity index (χ1) is 8.41. The van der Waals surface area contributed by atoms with Crippen LogP contribution in [-0.2, 0) is 0 Å². The van der Waals surface area contributed by atoms with Gasteiger partial charge in [-0.05, 0) is 32.6 Å². The molecule has 0 bridgehead atoms. The Kier molecular flexibility index (Phi) is 13.1. The molecule has 0 atom stereocenters. The van der Waals surface area contributed by atoms with Crippen molar-refractivity contribution in [2.75, 3.05) is 0 Å². The van der Waals surface area contributed by atoms with Crippen LogP contribution in [0.1, 0.15) is 32.6 Å². The van der Waals surface area contributed by atoms with Gasteiger partial charge in [-0.25, -0.2) is 0 Å². The smallest absolute Gasteiger partial charge is 0.0347 e. The second-order valence-electron chi connectivity index (χ2n) is 3.67. The number of hydrogen-bond acceptors (Lipinski definition) is 0. The van der Waals surface area contributed by atoms with Gasteiger partial charge in [0.25, 0.3) is 0 Å². The lowest BCUT2D eigenvalue weighted by Crippen LogP contribution is -1.71. The topological polar surface area (TPSA) is 0 Å². The molecule has 0 aliphatic rings. The van der Waals surface area contributed by atoms with Crippen molar-refractivity contribution < 1.29 is 0 Å². The van der Waals surface area contributed by atoms with Crippen LogP contribution in [0.15, 0.2) is 73.4 Å². The Morgan fingerprint density at radius 2 is 1.24 bits per heavy atom. The Labute approximate surface area is 106 Å². The predicted molar refractivity (Wildman–Crippen MR) is 80.0 cm³/mol. The molecule has 0 heterocycles. The molecule has 0 aliphatic carbocycles. The van der Waals surface area contributed by atoms with E-state index in [1.54, 1.807) is 6.08 Å². The Bertz CT molecular complexity index is 298. The Hall–Kier alpha value is -1.56. The third-order valence-corrected chi connectivity index (χ3v) is 2.15. The Morgan fingerprint density at radius 1 is 0.706 bits per heavy atom. The summed E-state index contributed by atoms with van der Waals surface area (Å²) in [4.78, 5) is 0. The summed E-state index contributed by atoms with van der Waals surface area (Å²) in [6.45, 7) is 5.64. The van der Waals surface area contributed by atoms with E-state index < -0.39 is 0 Å². The minimum atomic E-state index is 1.16. The van der Waals surface area contributed by atoms with Crippen molar-refractivity contribution in [3.8, 4) is 0 Å². The molecule has 17 heavy (non-hydrogen) atoms. The predicted octanol–water partition coefficient (Wildman–Crippen LogP) is 5.53. The van der Waals surface area contributed by atoms with E-state index in [0.717, 1.165) is 6.42 Å². The summed E-state index contributed by atoms with van der Waals surface area (Å²) in [6.07, 6.45) is 27.4. The lowest BCUT2D eigenvalue weighted by Gasteiger charge is -1.91. The fourth-order valence-electron chi connectivity index (χ4n) is 1.26. The van der Waals surface area contributed by atoms with E-state index in [2.05, 4.69) is 37.0 Å². The SMILES string of the molecule is C=CC=CC=CC=CCCCCC=CC=CC. The van der Waals surface area contributed by atoms with Crippen molar-refractivity contribution in [2.45, 2.75) is 32.6 Å². The van der Waals surface area contributed by atoms with E-state index in [9.17, 15) is 0 Å². The van der Waals surface area contributed by atoms with Gasteiger partial charge in [0, 0.05) is 0 Å². The van der Waals surface area contributed by atoms with Crippen molar-refractivity contribution in [2.24, 2.45) is 0 Å². The van der Waals surface area contributed by atoms with Gasteiger partial charge in [-0.3, -0.25) is 0 Å². The maximum atomic E-state index is 3.61. The summed E-state index contributed by atoms with van der Waals surface area (Å²) in [5.74, 6) is 0. The molecule has 0 heteroatoms. The van der Waals surface area contributed by atoms with Crippen LogP contribution in [0, 0.1) is 0 Å². The van der Waals surface area contributed by atoms with Crippen molar-refractivity contribution in [1.82, 2.24) is 0 Å². The summed E-state index contributed by atoms with van der Waals surface area (Å²) in [6, 6.07) is 0. The van der Waals surface area contributed by atoms with E-state index in [0.29, 0.717) is 0 Å².